The highest BCUT2D eigenvalue weighted by Gasteiger charge is 2.51. The lowest BCUT2D eigenvalue weighted by molar-refractivity contribution is 0.299. The second kappa shape index (κ2) is 32.8. The summed E-state index contributed by atoms with van der Waals surface area (Å²) in [6.45, 7) is 33.9. The van der Waals surface area contributed by atoms with Crippen LogP contribution >= 0.6 is 0 Å². The first-order valence-corrected chi connectivity index (χ1v) is 51.4. The minimum atomic E-state index is -0.108. The number of nitrogens with zero attached hydrogens (tertiary/aromatic N) is 5. The predicted octanol–water partition coefficient (Wildman–Crippen LogP) is 37.7. The summed E-state index contributed by atoms with van der Waals surface area (Å²) >= 11 is 0. The number of fused-ring (bicyclic) bond motifs is 29. The molecule has 0 spiro atoms. The van der Waals surface area contributed by atoms with Gasteiger partial charge in [-0.25, -0.2) is 15.0 Å². The molecule has 2 heterocycles. The number of anilines is 3. The van der Waals surface area contributed by atoms with Crippen LogP contribution in [0.3, 0.4) is 0 Å². The van der Waals surface area contributed by atoms with Crippen molar-refractivity contribution < 1.29 is 0 Å². The van der Waals surface area contributed by atoms with Crippen molar-refractivity contribution in [2.45, 2.75) is 135 Å². The highest BCUT2D eigenvalue weighted by atomic mass is 15.1. The van der Waals surface area contributed by atoms with Gasteiger partial charge in [-0.05, 0) is 287 Å². The topological polar surface area (TPSA) is 46.8 Å². The van der Waals surface area contributed by atoms with Gasteiger partial charge in [0.25, 0.3) is 0 Å². The number of hydrogen-bond acceptors (Lipinski definition) is 4. The van der Waals surface area contributed by atoms with Crippen LogP contribution in [0.15, 0.2) is 431 Å². The van der Waals surface area contributed by atoms with E-state index < -0.39 is 0 Å². The second-order valence-electron chi connectivity index (χ2n) is 44.4. The molecule has 698 valence electrons. The van der Waals surface area contributed by atoms with E-state index in [0.29, 0.717) is 17.5 Å². The first kappa shape index (κ1) is 88.7. The van der Waals surface area contributed by atoms with Gasteiger partial charge >= 0.3 is 0 Å². The molecule has 0 N–H and O–H groups in total. The molecule has 0 saturated carbocycles. The lowest BCUT2D eigenvalue weighted by Gasteiger charge is -2.49. The van der Waals surface area contributed by atoms with Crippen LogP contribution in [-0.4, -0.2) is 19.5 Å². The van der Waals surface area contributed by atoms with Crippen LogP contribution in [0.1, 0.15) is 141 Å². The third kappa shape index (κ3) is 13.4. The van der Waals surface area contributed by atoms with E-state index in [0.717, 1.165) is 27.9 Å². The van der Waals surface area contributed by atoms with Crippen molar-refractivity contribution in [3.63, 3.8) is 0 Å². The summed E-state index contributed by atoms with van der Waals surface area (Å²) in [7, 11) is 0. The van der Waals surface area contributed by atoms with Crippen molar-refractivity contribution in [2.75, 3.05) is 4.90 Å². The monoisotopic (exact) mass is 1860 g/mol. The van der Waals surface area contributed by atoms with Crippen molar-refractivity contribution in [2.24, 2.45) is 0 Å². The average molecular weight is 1870 g/mol. The van der Waals surface area contributed by atoms with Gasteiger partial charge in [0, 0.05) is 55.1 Å². The molecule has 5 heteroatoms. The number of para-hydroxylation sites is 3. The highest BCUT2D eigenvalue weighted by Crippen LogP contribution is 2.62. The largest absolute Gasteiger partial charge is 0.310 e. The molecule has 0 saturated heterocycles. The summed E-state index contributed by atoms with van der Waals surface area (Å²) in [5.74, 6) is 1.97. The molecule has 22 aromatic carbocycles. The first-order chi connectivity index (χ1) is 70.2. The molecule has 145 heavy (non-hydrogen) atoms. The van der Waals surface area contributed by atoms with Gasteiger partial charge in [-0.3, -0.25) is 0 Å². The smallest absolute Gasteiger partial charge is 0.164 e. The fourth-order valence-corrected chi connectivity index (χ4v) is 25.6. The second-order valence-corrected chi connectivity index (χ2v) is 44.4. The Morgan fingerprint density at radius 2 is 0.579 bits per heavy atom. The van der Waals surface area contributed by atoms with Crippen molar-refractivity contribution in [3.8, 4) is 95.5 Å². The van der Waals surface area contributed by atoms with Gasteiger partial charge in [0.1, 0.15) is 0 Å². The molecule has 0 amide bonds. The molecule has 0 atom stereocenters. The van der Waals surface area contributed by atoms with Crippen LogP contribution in [0.4, 0.5) is 17.1 Å². The predicted molar refractivity (Wildman–Crippen MR) is 616 cm³/mol. The average Bonchev–Trinajstić information content (AvgIpc) is 1.61. The standard InChI is InChI=1S/C51H39N3.C51H43N.C38H31N/c1-50(2)44-28-26-32-15-11-12-22-39(32)46(44)43-31-42-36(30-45(43)51(50,3)4)25-27-41-38(23-14-24-40(41)42)35-20-13-21-37(29-35)49-53-47(33-16-7-5-8-17-33)52-48(54-49)34-18-9-6-10-19-34;1-49(2)43-21-13-12-19-38(43)39-27-25-35(30-45(39)49)52(34-16-8-7-9-17-34)47-22-14-20-37-40(47)26-23-33-29-46-42(31-41(33)37)48-36-18-11-10-15-32(36)24-28-44(48)50(3,4)51(46,5)6;1-37(2)31-23-22-26-25-13-6-5-12-24(25)20-21-29(26)35(31)30-16-11-19-34(36(30)38(37,3)4)39-32-17-9-7-14-27(32)28-15-8-10-18-33(28)39/h5-31H,1-4H3;7-31H,1-6H3;5-23H,1-4H3. The molecule has 24 aromatic rings. The highest BCUT2D eigenvalue weighted by molar-refractivity contribution is 6.19. The number of aromatic nitrogens is 4. The van der Waals surface area contributed by atoms with Crippen molar-refractivity contribution in [1.82, 2.24) is 19.5 Å². The molecule has 0 bridgehead atoms. The van der Waals surface area contributed by atoms with Crippen LogP contribution < -0.4 is 4.90 Å². The molecule has 28 rings (SSSR count). The number of rotatable bonds is 8. The minimum absolute atomic E-state index is 0.0426. The summed E-state index contributed by atoms with van der Waals surface area (Å²) in [6, 6.07) is 159. The van der Waals surface area contributed by atoms with Gasteiger partial charge in [-0.15, -0.1) is 0 Å². The van der Waals surface area contributed by atoms with Crippen LogP contribution in [-0.2, 0) is 37.9 Å². The maximum Gasteiger partial charge on any atom is 0.164 e. The quantitative estimate of drug-likeness (QED) is 0.142. The Labute approximate surface area is 848 Å². The third-order valence-corrected chi connectivity index (χ3v) is 35.4. The molecule has 0 radical (unpaired) electrons. The normalized spacial score (nSPS) is 15.2. The van der Waals surface area contributed by atoms with Crippen LogP contribution in [0.25, 0.3) is 203 Å². The molecule has 4 aliphatic carbocycles. The maximum absolute atomic E-state index is 5.02. The number of hydrogen-bond donors (Lipinski definition) is 0. The zero-order chi connectivity index (χ0) is 98.7. The van der Waals surface area contributed by atoms with E-state index in [-0.39, 0.29) is 37.9 Å². The Hall–Kier alpha value is -16.5. The Bertz CT molecular complexity index is 9420. The number of benzene rings is 22. The Morgan fingerprint density at radius 1 is 0.193 bits per heavy atom. The third-order valence-electron chi connectivity index (χ3n) is 35.4. The Morgan fingerprint density at radius 3 is 1.17 bits per heavy atom. The SMILES string of the molecule is CC1(C)c2cc3ccc4c(-c5cccc(-c6nc(-c7ccccc7)nc(-c7ccccc7)n6)c5)cccc4c3cc2-c2c(ccc3ccccc23)C1(C)C.CC1(C)c2ccc3c(ccc4ccccc43)c2-c2cccc(-n3c4ccccc4c4ccccc43)c2C1(C)C.CC1(C)c2ccccc2-c2ccc(N(c3ccccc3)c3cccc4c3ccc3cc5c(cc34)-c3c(ccc4ccccc34)C(C)(C)C5(C)C)cc21. The summed E-state index contributed by atoms with van der Waals surface area (Å²) < 4.78 is 2.51. The van der Waals surface area contributed by atoms with Gasteiger partial charge in [0.05, 0.1) is 22.4 Å². The van der Waals surface area contributed by atoms with Gasteiger partial charge in [-0.2, -0.15) is 0 Å². The zero-order valence-electron chi connectivity index (χ0n) is 84.7. The van der Waals surface area contributed by atoms with E-state index >= 15 is 0 Å². The van der Waals surface area contributed by atoms with Gasteiger partial charge in [-0.1, -0.05) is 449 Å². The van der Waals surface area contributed by atoms with E-state index in [1.165, 1.54) is 220 Å². The van der Waals surface area contributed by atoms with Crippen molar-refractivity contribution in [1.29, 1.82) is 0 Å². The summed E-state index contributed by atoms with van der Waals surface area (Å²) in [5, 5.41) is 23.2. The van der Waals surface area contributed by atoms with E-state index in [1.807, 2.05) is 60.7 Å². The maximum atomic E-state index is 5.02. The fourth-order valence-electron chi connectivity index (χ4n) is 25.6. The summed E-state index contributed by atoms with van der Waals surface area (Å²) in [6.07, 6.45) is 0. The first-order valence-electron chi connectivity index (χ1n) is 51.4. The van der Waals surface area contributed by atoms with Gasteiger partial charge in [0.15, 0.2) is 17.5 Å². The molecule has 4 aliphatic rings. The van der Waals surface area contributed by atoms with Gasteiger partial charge < -0.3 is 9.47 Å². The van der Waals surface area contributed by atoms with E-state index in [4.69, 9.17) is 15.0 Å². The van der Waals surface area contributed by atoms with Crippen LogP contribution in [0.2, 0.25) is 0 Å². The summed E-state index contributed by atoms with van der Waals surface area (Å²) in [5.41, 5.74) is 34.2. The van der Waals surface area contributed by atoms with Crippen LogP contribution in [0.5, 0.6) is 0 Å². The molecule has 2 aromatic heterocycles. The molecule has 0 aliphatic heterocycles. The summed E-state index contributed by atoms with van der Waals surface area (Å²) in [4.78, 5) is 17.4. The molecule has 5 nitrogen and oxygen atoms in total. The van der Waals surface area contributed by atoms with Crippen molar-refractivity contribution in [3.05, 3.63) is 475 Å². The minimum Gasteiger partial charge on any atom is -0.310 e. The van der Waals surface area contributed by atoms with Gasteiger partial charge in [0.2, 0.25) is 0 Å². The van der Waals surface area contributed by atoms with E-state index in [1.54, 1.807) is 0 Å². The molecule has 0 unspecified atom stereocenters. The van der Waals surface area contributed by atoms with E-state index in [9.17, 15) is 0 Å². The molecular weight excluding hydrogens is 1750 g/mol. The lowest BCUT2D eigenvalue weighted by Crippen LogP contribution is -2.44. The Kier molecular flexibility index (Phi) is 20.1. The fraction of sp³-hybridized carbons (Fsp3) is 0.150. The van der Waals surface area contributed by atoms with Crippen molar-refractivity contribution >= 4 is 125 Å². The van der Waals surface area contributed by atoms with Crippen LogP contribution in [0, 0.1) is 0 Å². The molecular formula is C140H113N5. The Balaban J connectivity index is 0.000000112. The zero-order valence-corrected chi connectivity index (χ0v) is 84.7. The molecule has 0 fully saturated rings. The lowest BCUT2D eigenvalue weighted by atomic mass is 9.54. The van der Waals surface area contributed by atoms with E-state index in [2.05, 4.69) is 476 Å².